The monoisotopic (exact) mass is 907 g/mol. The summed E-state index contributed by atoms with van der Waals surface area (Å²) in [5, 5.41) is 21.5. The molecule has 3 saturated heterocycles. The predicted molar refractivity (Wildman–Crippen MR) is 248 cm³/mol. The van der Waals surface area contributed by atoms with Crippen LogP contribution in [0.4, 0.5) is 0 Å². The number of hydrogen-bond donors (Lipinski definition) is 2. The molecule has 4 aliphatic rings. The van der Waals surface area contributed by atoms with Crippen molar-refractivity contribution >= 4 is 35.3 Å². The summed E-state index contributed by atoms with van der Waals surface area (Å²) in [6.45, 7) is 21.8. The molecule has 2 amide bonds. The molecule has 1 aromatic rings. The predicted octanol–water partition coefficient (Wildman–Crippen LogP) is 7.34. The van der Waals surface area contributed by atoms with E-state index < -0.39 is 70.8 Å². The van der Waals surface area contributed by atoms with Gasteiger partial charge in [0.25, 0.3) is 17.6 Å². The van der Waals surface area contributed by atoms with E-state index in [1.807, 2.05) is 79.7 Å². The van der Waals surface area contributed by atoms with Crippen LogP contribution in [0.15, 0.2) is 54.1 Å². The summed E-state index contributed by atoms with van der Waals surface area (Å²) in [7, 11) is 0. The van der Waals surface area contributed by atoms with E-state index in [-0.39, 0.29) is 48.4 Å². The Morgan fingerprint density at radius 1 is 0.815 bits per heavy atom. The Hall–Kier alpha value is -4.20. The van der Waals surface area contributed by atoms with Gasteiger partial charge in [0.2, 0.25) is 11.6 Å². The first-order valence-corrected chi connectivity index (χ1v) is 24.1. The van der Waals surface area contributed by atoms with Crippen molar-refractivity contribution in [3.05, 3.63) is 59.7 Å². The molecular formula is C52H78N2O11. The number of esters is 2. The number of aliphatic hydroxyl groups is 2. The highest BCUT2D eigenvalue weighted by molar-refractivity contribution is 6.39. The summed E-state index contributed by atoms with van der Waals surface area (Å²) >= 11 is 0. The molecule has 362 valence electrons. The molecule has 1 aliphatic carbocycles. The zero-order valence-electron chi connectivity index (χ0n) is 40.9. The van der Waals surface area contributed by atoms with Crippen LogP contribution in [0.3, 0.4) is 0 Å². The van der Waals surface area contributed by atoms with Crippen molar-refractivity contribution in [2.24, 2.45) is 35.0 Å². The Bertz CT molecular complexity index is 1870. The van der Waals surface area contributed by atoms with E-state index in [1.165, 1.54) is 15.4 Å². The number of amides is 2. The van der Waals surface area contributed by atoms with E-state index in [1.54, 1.807) is 32.9 Å². The number of Topliss-reactive ketones (excluding diaryl/α,β-unsaturated/α-hetero) is 2. The Morgan fingerprint density at radius 3 is 1.94 bits per heavy atom. The van der Waals surface area contributed by atoms with E-state index in [0.29, 0.717) is 45.1 Å². The van der Waals surface area contributed by atoms with Crippen molar-refractivity contribution in [1.82, 2.24) is 9.80 Å². The lowest BCUT2D eigenvalue weighted by atomic mass is 9.76. The van der Waals surface area contributed by atoms with Gasteiger partial charge in [0.15, 0.2) is 0 Å². The van der Waals surface area contributed by atoms with Gasteiger partial charge in [0, 0.05) is 24.4 Å². The van der Waals surface area contributed by atoms with E-state index in [4.69, 9.17) is 14.2 Å². The molecule has 2 N–H and O–H groups in total. The quantitative estimate of drug-likeness (QED) is 0.133. The molecule has 1 aromatic carbocycles. The highest BCUT2D eigenvalue weighted by Gasteiger charge is 2.53. The average molecular weight is 907 g/mol. The first kappa shape index (κ1) is 53.4. The summed E-state index contributed by atoms with van der Waals surface area (Å²) in [6, 6.07) is 8.52. The van der Waals surface area contributed by atoms with Gasteiger partial charge in [-0.1, -0.05) is 113 Å². The molecule has 8 unspecified atom stereocenters. The van der Waals surface area contributed by atoms with Crippen LogP contribution in [0.2, 0.25) is 0 Å². The van der Waals surface area contributed by atoms with Crippen LogP contribution in [0.25, 0.3) is 0 Å². The van der Waals surface area contributed by atoms with Crippen LogP contribution in [-0.4, -0.2) is 111 Å². The highest BCUT2D eigenvalue weighted by atomic mass is 16.6. The molecule has 65 heavy (non-hydrogen) atoms. The summed E-state index contributed by atoms with van der Waals surface area (Å²) in [6.07, 6.45) is 9.42. The maximum atomic E-state index is 13.3. The van der Waals surface area contributed by atoms with E-state index in [9.17, 15) is 39.0 Å². The standard InChI is InChI=1S/C26H39NO7.C26H39NO4/c1-15(2)18-10-12-22(20(28)14-18)33-25(31)19-8-6-7-13-27(19)24(30)23(29)26(32)17(5)9-11-21(34-26)16(3)4;1-18(2)22(16-15-20-12-8-7-9-13-20)31-25(30)21-14-10-11-17-27(21)24(29)23(28)26(5,6)19(3)4/h10,12,14-17,19-22,28,32H,6-9,11,13H2,1-5H3;7-9,12-13,18-19,21-22H,10-11,14-17H2,1-6H3. The van der Waals surface area contributed by atoms with Gasteiger partial charge >= 0.3 is 11.9 Å². The average Bonchev–Trinajstić information content (AvgIpc) is 3.28. The van der Waals surface area contributed by atoms with Gasteiger partial charge in [0.05, 0.1) is 6.10 Å². The van der Waals surface area contributed by atoms with Crippen molar-refractivity contribution in [2.75, 3.05) is 13.1 Å². The molecule has 8 atom stereocenters. The largest absolute Gasteiger partial charge is 0.461 e. The lowest BCUT2D eigenvalue weighted by molar-refractivity contribution is -0.269. The molecule has 0 aromatic heterocycles. The molecule has 5 rings (SSSR count). The van der Waals surface area contributed by atoms with Crippen LogP contribution in [0.5, 0.6) is 0 Å². The fraction of sp³-hybridized carbons (Fsp3) is 0.692. The zero-order chi connectivity index (χ0) is 48.4. The molecule has 3 heterocycles. The van der Waals surface area contributed by atoms with Crippen LogP contribution >= 0.6 is 0 Å². The van der Waals surface area contributed by atoms with Crippen molar-refractivity contribution in [2.45, 2.75) is 183 Å². The number of ether oxygens (including phenoxy) is 3. The molecular weight excluding hydrogens is 829 g/mol. The Kier molecular flexibility index (Phi) is 19.3. The minimum Gasteiger partial charge on any atom is -0.461 e. The summed E-state index contributed by atoms with van der Waals surface area (Å²) in [4.78, 5) is 81.3. The molecule has 0 spiro atoms. The number of carbonyl (C=O) groups is 6. The van der Waals surface area contributed by atoms with Crippen LogP contribution in [0.1, 0.15) is 140 Å². The van der Waals surface area contributed by atoms with E-state index in [0.717, 1.165) is 31.3 Å². The topological polar surface area (TPSA) is 177 Å². The number of likely N-dealkylation sites (tertiary alicyclic amines) is 2. The number of allylic oxidation sites excluding steroid dienone is 2. The van der Waals surface area contributed by atoms with Gasteiger partial charge in [0.1, 0.15) is 30.4 Å². The fourth-order valence-electron chi connectivity index (χ4n) is 8.64. The third-order valence-corrected chi connectivity index (χ3v) is 14.1. The number of nitrogens with zero attached hydrogens (tertiary/aromatic N) is 2. The first-order chi connectivity index (χ1) is 30.5. The first-order valence-electron chi connectivity index (χ1n) is 24.1. The SMILES string of the molecule is CC(C)C(CCc1ccccc1)OC(=O)C1CCCCN1C(=O)C(=O)C(C)(C)C(C)C.CC(C)C1=CC(O)C(OC(=O)C2CCCCN2C(=O)C(=O)C2(O)OC(C(C)C)CCC2C)C=C1. The van der Waals surface area contributed by atoms with Gasteiger partial charge in [-0.05, 0) is 111 Å². The third kappa shape index (κ3) is 13.5. The zero-order valence-corrected chi connectivity index (χ0v) is 40.9. The van der Waals surface area contributed by atoms with Crippen molar-refractivity contribution in [3.8, 4) is 0 Å². The summed E-state index contributed by atoms with van der Waals surface area (Å²) < 4.78 is 17.3. The van der Waals surface area contributed by atoms with E-state index in [2.05, 4.69) is 12.1 Å². The summed E-state index contributed by atoms with van der Waals surface area (Å²) in [5.74, 6) is -6.23. The number of ketones is 2. The number of benzene rings is 1. The minimum absolute atomic E-state index is 0.0300. The molecule has 13 heteroatoms. The smallest absolute Gasteiger partial charge is 0.329 e. The summed E-state index contributed by atoms with van der Waals surface area (Å²) in [5.41, 5.74) is 1.40. The number of carbonyl (C=O) groups excluding carboxylic acids is 6. The van der Waals surface area contributed by atoms with Crippen LogP contribution in [-0.2, 0) is 49.4 Å². The van der Waals surface area contributed by atoms with Gasteiger partial charge in [-0.25, -0.2) is 9.59 Å². The lowest BCUT2D eigenvalue weighted by Gasteiger charge is -2.43. The Labute approximate surface area is 387 Å². The van der Waals surface area contributed by atoms with Crippen molar-refractivity contribution in [3.63, 3.8) is 0 Å². The van der Waals surface area contributed by atoms with Crippen LogP contribution < -0.4 is 0 Å². The van der Waals surface area contributed by atoms with Gasteiger partial charge in [-0.2, -0.15) is 0 Å². The Balaban J connectivity index is 0.000000286. The maximum Gasteiger partial charge on any atom is 0.329 e. The second-order valence-electron chi connectivity index (χ2n) is 20.4. The number of aryl methyl sites for hydroxylation is 1. The molecule has 0 saturated carbocycles. The van der Waals surface area contributed by atoms with Crippen molar-refractivity contribution < 1.29 is 53.2 Å². The fourth-order valence-corrected chi connectivity index (χ4v) is 8.64. The van der Waals surface area contributed by atoms with Gasteiger partial charge in [-0.3, -0.25) is 19.2 Å². The minimum atomic E-state index is -2.21. The molecule has 3 fully saturated rings. The molecule has 13 nitrogen and oxygen atoms in total. The van der Waals surface area contributed by atoms with Gasteiger partial charge in [-0.15, -0.1) is 0 Å². The number of hydrogen-bond acceptors (Lipinski definition) is 11. The molecule has 3 aliphatic heterocycles. The van der Waals surface area contributed by atoms with Crippen molar-refractivity contribution in [1.29, 1.82) is 0 Å². The van der Waals surface area contributed by atoms with Crippen LogP contribution in [0, 0.1) is 35.0 Å². The van der Waals surface area contributed by atoms with E-state index >= 15 is 0 Å². The second-order valence-corrected chi connectivity index (χ2v) is 20.4. The number of piperidine rings is 2. The normalized spacial score (nSPS) is 26.6. The third-order valence-electron chi connectivity index (χ3n) is 14.1. The number of aliphatic hydroxyl groups excluding tert-OH is 1. The highest BCUT2D eigenvalue weighted by Crippen LogP contribution is 2.37. The Morgan fingerprint density at radius 2 is 1.40 bits per heavy atom. The van der Waals surface area contributed by atoms with Gasteiger partial charge < -0.3 is 34.2 Å². The molecule has 0 bridgehead atoms. The molecule has 0 radical (unpaired) electrons. The number of rotatable bonds is 15. The lowest BCUT2D eigenvalue weighted by Crippen LogP contribution is -2.61. The second kappa shape index (κ2) is 23.5. The maximum absolute atomic E-state index is 13.3.